The molecule has 9 nitrogen and oxygen atoms in total. The fourth-order valence-electron chi connectivity index (χ4n) is 3.56. The van der Waals surface area contributed by atoms with Crippen LogP contribution in [0.3, 0.4) is 0 Å². The van der Waals surface area contributed by atoms with E-state index in [9.17, 15) is 26.4 Å². The Morgan fingerprint density at radius 2 is 1.89 bits per heavy atom. The third-order valence-corrected chi connectivity index (χ3v) is 6.49. The van der Waals surface area contributed by atoms with Crippen molar-refractivity contribution in [1.82, 2.24) is 14.7 Å². The molecule has 13 heteroatoms. The number of rotatable bonds is 8. The lowest BCUT2D eigenvalue weighted by Crippen LogP contribution is -2.57. The third-order valence-electron chi connectivity index (χ3n) is 5.26. The summed E-state index contributed by atoms with van der Waals surface area (Å²) >= 11 is 0. The Morgan fingerprint density at radius 1 is 1.16 bits per heavy atom. The highest BCUT2D eigenvalue weighted by Gasteiger charge is 2.45. The highest BCUT2D eigenvalue weighted by molar-refractivity contribution is 7.90. The second-order valence-corrected chi connectivity index (χ2v) is 10.6. The maximum atomic E-state index is 14.3. The minimum atomic E-state index is -4.42. The van der Waals surface area contributed by atoms with Gasteiger partial charge in [0.05, 0.1) is 31.0 Å². The number of carbonyl (C=O) groups excluding carboxylic acids is 1. The molecule has 0 saturated carbocycles. The van der Waals surface area contributed by atoms with Crippen LogP contribution < -0.4 is 20.1 Å². The summed E-state index contributed by atoms with van der Waals surface area (Å²) in [5.41, 5.74) is 5.73. The van der Waals surface area contributed by atoms with Crippen molar-refractivity contribution >= 4 is 27.6 Å². The first-order chi connectivity index (χ1) is 17.3. The number of carbonyl (C=O) groups is 1. The van der Waals surface area contributed by atoms with Gasteiger partial charge >= 0.3 is 0 Å². The van der Waals surface area contributed by atoms with Gasteiger partial charge in [0.2, 0.25) is 0 Å². The van der Waals surface area contributed by atoms with Crippen molar-refractivity contribution in [3.63, 3.8) is 0 Å². The summed E-state index contributed by atoms with van der Waals surface area (Å²) in [5.74, 6) is -4.50. The predicted molar refractivity (Wildman–Crippen MR) is 130 cm³/mol. The average Bonchev–Trinajstić information content (AvgIpc) is 2.80. The van der Waals surface area contributed by atoms with Crippen LogP contribution >= 0.6 is 0 Å². The molecular weight excluding hydrogens is 511 g/mol. The van der Waals surface area contributed by atoms with E-state index in [0.717, 1.165) is 11.0 Å². The van der Waals surface area contributed by atoms with Gasteiger partial charge in [-0.1, -0.05) is 19.9 Å². The average molecular weight is 536 g/mol. The van der Waals surface area contributed by atoms with Crippen LogP contribution in [0.25, 0.3) is 11.3 Å². The minimum absolute atomic E-state index is 0.0725. The number of hydrogen-bond acceptors (Lipinski definition) is 8. The molecule has 0 bridgehead atoms. The van der Waals surface area contributed by atoms with E-state index in [2.05, 4.69) is 9.97 Å². The van der Waals surface area contributed by atoms with Crippen LogP contribution in [0.2, 0.25) is 0 Å². The number of aromatic nitrogens is 2. The monoisotopic (exact) mass is 535 g/mol. The van der Waals surface area contributed by atoms with Crippen LogP contribution in [0.4, 0.5) is 24.8 Å². The summed E-state index contributed by atoms with van der Waals surface area (Å²) in [6.07, 6.45) is 0. The van der Waals surface area contributed by atoms with Crippen molar-refractivity contribution in [3.05, 3.63) is 59.9 Å². The van der Waals surface area contributed by atoms with Crippen molar-refractivity contribution in [2.45, 2.75) is 24.8 Å². The summed E-state index contributed by atoms with van der Waals surface area (Å²) in [5, 5.41) is -0.490. The van der Waals surface area contributed by atoms with Gasteiger partial charge in [-0.15, -0.1) is 0 Å². The molecule has 196 valence electrons. The summed E-state index contributed by atoms with van der Waals surface area (Å²) in [6, 6.07) is 10.4. The number of nitrogen functional groups attached to an aromatic ring is 1. The van der Waals surface area contributed by atoms with Crippen molar-refractivity contribution < 1.29 is 31.1 Å². The van der Waals surface area contributed by atoms with Crippen LogP contribution in [-0.4, -0.2) is 49.9 Å². The molecule has 1 aromatic carbocycles. The van der Waals surface area contributed by atoms with Crippen LogP contribution in [0.15, 0.2) is 53.6 Å². The third kappa shape index (κ3) is 6.10. The zero-order valence-corrected chi connectivity index (χ0v) is 20.7. The normalized spacial score (nSPS) is 14.8. The first-order valence-corrected chi connectivity index (χ1v) is 12.7. The number of pyridine rings is 2. The number of benzene rings is 1. The van der Waals surface area contributed by atoms with Gasteiger partial charge in [-0.3, -0.25) is 4.79 Å². The van der Waals surface area contributed by atoms with Crippen LogP contribution in [-0.2, 0) is 10.0 Å². The van der Waals surface area contributed by atoms with Crippen LogP contribution in [0, 0.1) is 11.7 Å². The zero-order valence-electron chi connectivity index (χ0n) is 19.9. The number of nitrogens with two attached hydrogens (primary N) is 1. The lowest BCUT2D eigenvalue weighted by molar-refractivity contribution is -0.0267. The largest absolute Gasteiger partial charge is 0.493 e. The van der Waals surface area contributed by atoms with Gasteiger partial charge in [-0.05, 0) is 42.3 Å². The van der Waals surface area contributed by atoms with E-state index in [-0.39, 0.29) is 40.1 Å². The van der Waals surface area contributed by atoms with Gasteiger partial charge in [0.25, 0.3) is 21.9 Å². The molecule has 1 aliphatic rings. The van der Waals surface area contributed by atoms with Gasteiger partial charge in [0.15, 0.2) is 5.03 Å². The highest BCUT2D eigenvalue weighted by atomic mass is 32.2. The van der Waals surface area contributed by atoms with Crippen molar-refractivity contribution in [2.75, 3.05) is 30.3 Å². The second-order valence-electron chi connectivity index (χ2n) is 9.00. The lowest BCUT2D eigenvalue weighted by atomic mass is 10.1. The van der Waals surface area contributed by atoms with E-state index in [0.29, 0.717) is 6.61 Å². The lowest BCUT2D eigenvalue weighted by Gasteiger charge is -2.40. The highest BCUT2D eigenvalue weighted by Crippen LogP contribution is 2.35. The Bertz CT molecular complexity index is 1440. The number of halogens is 3. The Hall–Kier alpha value is -3.87. The van der Waals surface area contributed by atoms with Gasteiger partial charge in [-0.2, -0.15) is 8.42 Å². The quantitative estimate of drug-likeness (QED) is 0.449. The molecular formula is C24H24F3N5O4S. The fraction of sp³-hybridized carbons (Fsp3) is 0.292. The number of hydrogen-bond donors (Lipinski definition) is 2. The Balaban J connectivity index is 1.69. The Kier molecular flexibility index (Phi) is 7.00. The molecule has 1 amide bonds. The Morgan fingerprint density at radius 3 is 2.54 bits per heavy atom. The number of anilines is 2. The van der Waals surface area contributed by atoms with Crippen LogP contribution in [0.5, 0.6) is 5.75 Å². The first kappa shape index (κ1) is 26.2. The molecule has 0 aliphatic carbocycles. The molecule has 0 atom stereocenters. The molecule has 0 radical (unpaired) electrons. The molecule has 1 aliphatic heterocycles. The molecule has 0 spiro atoms. The molecule has 3 heterocycles. The zero-order chi connectivity index (χ0) is 27.0. The van der Waals surface area contributed by atoms with Gasteiger partial charge in [0.1, 0.15) is 23.2 Å². The molecule has 1 saturated heterocycles. The molecule has 3 N–H and O–H groups in total. The van der Waals surface area contributed by atoms with E-state index in [1.54, 1.807) is 0 Å². The van der Waals surface area contributed by atoms with Crippen molar-refractivity contribution in [2.24, 2.45) is 5.92 Å². The number of alkyl halides is 2. The topological polar surface area (TPSA) is 128 Å². The predicted octanol–water partition coefficient (Wildman–Crippen LogP) is 3.47. The van der Waals surface area contributed by atoms with E-state index < -0.39 is 45.8 Å². The van der Waals surface area contributed by atoms with E-state index in [4.69, 9.17) is 10.5 Å². The fourth-order valence-corrected chi connectivity index (χ4v) is 4.50. The van der Waals surface area contributed by atoms with Crippen molar-refractivity contribution in [1.29, 1.82) is 0 Å². The summed E-state index contributed by atoms with van der Waals surface area (Å²) in [4.78, 5) is 22.1. The van der Waals surface area contributed by atoms with Crippen LogP contribution in [0.1, 0.15) is 24.2 Å². The minimum Gasteiger partial charge on any atom is -0.493 e. The van der Waals surface area contributed by atoms with Gasteiger partial charge in [0, 0.05) is 11.6 Å². The number of sulfonamides is 1. The molecule has 3 aromatic rings. The Labute approximate surface area is 211 Å². The van der Waals surface area contributed by atoms with E-state index >= 15 is 0 Å². The number of nitrogens with zero attached hydrogens (tertiary/aromatic N) is 3. The number of nitrogens with one attached hydrogen (secondary N) is 1. The molecule has 4 rings (SSSR count). The summed E-state index contributed by atoms with van der Waals surface area (Å²) < 4.78 is 74.4. The maximum absolute atomic E-state index is 14.3. The van der Waals surface area contributed by atoms with Gasteiger partial charge < -0.3 is 15.4 Å². The SMILES string of the molecule is CC(C)COc1cc(F)cc(-c2ccc(C(=O)NS(=O)(=O)c3cccc(N)n3)c(N3CC(F)(F)C3)n2)c1. The standard InChI is InChI=1S/C24H24F3N5O4S/c1-14(2)11-36-17-9-15(8-16(25)10-17)19-7-6-18(22(29-19)32-12-24(26,27)13-32)23(33)31-37(34,35)21-5-3-4-20(28)30-21/h3-10,14H,11-13H2,1-2H3,(H2,28,30)(H,31,33). The smallest absolute Gasteiger partial charge is 0.282 e. The van der Waals surface area contributed by atoms with Gasteiger partial charge in [-0.25, -0.2) is 27.9 Å². The molecule has 0 unspecified atom stereocenters. The molecule has 2 aromatic heterocycles. The second kappa shape index (κ2) is 9.88. The number of amides is 1. The summed E-state index contributed by atoms with van der Waals surface area (Å²) in [7, 11) is -4.42. The summed E-state index contributed by atoms with van der Waals surface area (Å²) in [6.45, 7) is 2.77. The van der Waals surface area contributed by atoms with E-state index in [1.165, 1.54) is 42.5 Å². The maximum Gasteiger partial charge on any atom is 0.282 e. The first-order valence-electron chi connectivity index (χ1n) is 11.2. The van der Waals surface area contributed by atoms with E-state index in [1.807, 2.05) is 18.6 Å². The number of ether oxygens (including phenoxy) is 1. The molecule has 37 heavy (non-hydrogen) atoms. The van der Waals surface area contributed by atoms with Crippen molar-refractivity contribution in [3.8, 4) is 17.0 Å². The molecule has 1 fully saturated rings.